The second-order valence-corrected chi connectivity index (χ2v) is 4.54. The molecule has 1 aromatic rings. The highest BCUT2D eigenvalue weighted by molar-refractivity contribution is 6.30. The zero-order chi connectivity index (χ0) is 10.2. The molecule has 0 aliphatic rings. The van der Waals surface area contributed by atoms with Gasteiger partial charge in [0.15, 0.2) is 0 Å². The molecule has 0 atom stereocenters. The maximum Gasteiger partial charge on any atom is 0.147 e. The number of hydrogen-bond acceptors (Lipinski definition) is 1. The van der Waals surface area contributed by atoms with E-state index in [4.69, 9.17) is 17.3 Å². The highest BCUT2D eigenvalue weighted by atomic mass is 35.5. The number of benzene rings is 1. The summed E-state index contributed by atoms with van der Waals surface area (Å²) in [5, 5.41) is 0.386. The molecule has 0 spiro atoms. The van der Waals surface area contributed by atoms with E-state index in [1.165, 1.54) is 6.07 Å². The van der Waals surface area contributed by atoms with Gasteiger partial charge in [-0.25, -0.2) is 4.39 Å². The third kappa shape index (κ3) is 2.13. The summed E-state index contributed by atoms with van der Waals surface area (Å²) < 4.78 is 13.2. The van der Waals surface area contributed by atoms with Crippen molar-refractivity contribution in [3.8, 4) is 0 Å². The van der Waals surface area contributed by atoms with Crippen LogP contribution in [0.4, 0.5) is 10.1 Å². The molecule has 0 aliphatic heterocycles. The zero-order valence-corrected chi connectivity index (χ0v) is 8.74. The Morgan fingerprint density at radius 2 is 1.85 bits per heavy atom. The molecular formula is C10H13ClFN. The van der Waals surface area contributed by atoms with Gasteiger partial charge >= 0.3 is 0 Å². The van der Waals surface area contributed by atoms with Crippen LogP contribution in [0.25, 0.3) is 0 Å². The van der Waals surface area contributed by atoms with Gasteiger partial charge in [0.1, 0.15) is 5.82 Å². The molecular weight excluding hydrogens is 189 g/mol. The van der Waals surface area contributed by atoms with Crippen LogP contribution >= 0.6 is 11.6 Å². The number of nitrogens with two attached hydrogens (primary N) is 1. The van der Waals surface area contributed by atoms with Gasteiger partial charge in [-0.1, -0.05) is 32.4 Å². The fourth-order valence-corrected chi connectivity index (χ4v) is 1.41. The van der Waals surface area contributed by atoms with Crippen LogP contribution in [0, 0.1) is 5.82 Å². The van der Waals surface area contributed by atoms with Gasteiger partial charge in [0.25, 0.3) is 0 Å². The lowest BCUT2D eigenvalue weighted by molar-refractivity contribution is 0.577. The molecule has 0 amide bonds. The number of nitrogen functional groups attached to an aromatic ring is 1. The second kappa shape index (κ2) is 3.18. The fraction of sp³-hybridized carbons (Fsp3) is 0.400. The van der Waals surface area contributed by atoms with Gasteiger partial charge in [-0.05, 0) is 23.1 Å². The first-order valence-corrected chi connectivity index (χ1v) is 4.45. The van der Waals surface area contributed by atoms with E-state index in [9.17, 15) is 4.39 Å². The van der Waals surface area contributed by atoms with Crippen molar-refractivity contribution >= 4 is 17.3 Å². The van der Waals surface area contributed by atoms with E-state index < -0.39 is 5.82 Å². The monoisotopic (exact) mass is 201 g/mol. The van der Waals surface area contributed by atoms with Crippen LogP contribution in [0.3, 0.4) is 0 Å². The molecule has 0 saturated carbocycles. The van der Waals surface area contributed by atoms with Crippen LogP contribution in [-0.4, -0.2) is 0 Å². The molecule has 1 aromatic carbocycles. The third-order valence-corrected chi connectivity index (χ3v) is 2.12. The van der Waals surface area contributed by atoms with Crippen LogP contribution in [0.5, 0.6) is 0 Å². The predicted molar refractivity (Wildman–Crippen MR) is 54.5 cm³/mol. The van der Waals surface area contributed by atoms with Crippen molar-refractivity contribution < 1.29 is 4.39 Å². The van der Waals surface area contributed by atoms with Gasteiger partial charge < -0.3 is 5.73 Å². The van der Waals surface area contributed by atoms with Gasteiger partial charge in [-0.2, -0.15) is 0 Å². The number of hydrogen-bond donors (Lipinski definition) is 1. The van der Waals surface area contributed by atoms with Crippen molar-refractivity contribution in [2.75, 3.05) is 5.73 Å². The molecule has 0 fully saturated rings. The van der Waals surface area contributed by atoms with Gasteiger partial charge in [0, 0.05) is 5.02 Å². The molecule has 0 saturated heterocycles. The summed E-state index contributed by atoms with van der Waals surface area (Å²) in [6.07, 6.45) is 0. The zero-order valence-electron chi connectivity index (χ0n) is 7.99. The second-order valence-electron chi connectivity index (χ2n) is 4.10. The first kappa shape index (κ1) is 10.3. The topological polar surface area (TPSA) is 26.0 Å². The Morgan fingerprint density at radius 1 is 1.31 bits per heavy atom. The highest BCUT2D eigenvalue weighted by Gasteiger charge is 2.19. The summed E-state index contributed by atoms with van der Waals surface area (Å²) in [5.41, 5.74) is 6.36. The van der Waals surface area contributed by atoms with Crippen LogP contribution < -0.4 is 5.73 Å². The van der Waals surface area contributed by atoms with Crippen molar-refractivity contribution in [1.29, 1.82) is 0 Å². The molecule has 0 aromatic heterocycles. The molecule has 72 valence electrons. The lowest BCUT2D eigenvalue weighted by Gasteiger charge is -2.21. The average Bonchev–Trinajstić information content (AvgIpc) is 1.94. The molecule has 0 unspecified atom stereocenters. The lowest BCUT2D eigenvalue weighted by atomic mass is 9.86. The maximum atomic E-state index is 13.2. The van der Waals surface area contributed by atoms with Crippen LogP contribution in [0.15, 0.2) is 12.1 Å². The molecule has 0 radical (unpaired) electrons. The molecule has 1 rings (SSSR count). The lowest BCUT2D eigenvalue weighted by Crippen LogP contribution is -2.14. The molecule has 2 N–H and O–H groups in total. The van der Waals surface area contributed by atoms with Crippen LogP contribution in [0.2, 0.25) is 5.02 Å². The Balaban J connectivity index is 3.37. The minimum absolute atomic E-state index is 0.185. The molecule has 0 aliphatic carbocycles. The predicted octanol–water partition coefficient (Wildman–Crippen LogP) is 3.36. The number of rotatable bonds is 0. The Kier molecular flexibility index (Phi) is 2.53. The Labute approximate surface area is 82.7 Å². The summed E-state index contributed by atoms with van der Waals surface area (Å²) in [5.74, 6) is -0.447. The minimum Gasteiger partial charge on any atom is -0.396 e. The van der Waals surface area contributed by atoms with E-state index in [1.54, 1.807) is 6.07 Å². The minimum atomic E-state index is -0.447. The Morgan fingerprint density at radius 3 is 2.31 bits per heavy atom. The largest absolute Gasteiger partial charge is 0.396 e. The van der Waals surface area contributed by atoms with Crippen LogP contribution in [0.1, 0.15) is 26.3 Å². The van der Waals surface area contributed by atoms with E-state index in [-0.39, 0.29) is 11.1 Å². The van der Waals surface area contributed by atoms with Crippen molar-refractivity contribution in [3.05, 3.63) is 28.5 Å². The van der Waals surface area contributed by atoms with Crippen LogP contribution in [-0.2, 0) is 5.41 Å². The van der Waals surface area contributed by atoms with Crippen molar-refractivity contribution in [1.82, 2.24) is 0 Å². The van der Waals surface area contributed by atoms with Crippen molar-refractivity contribution in [2.24, 2.45) is 0 Å². The summed E-state index contributed by atoms with van der Waals surface area (Å²) >= 11 is 5.73. The number of anilines is 1. The normalized spacial score (nSPS) is 11.8. The molecule has 3 heteroatoms. The first-order chi connectivity index (χ1) is 5.82. The quantitative estimate of drug-likeness (QED) is 0.640. The van der Waals surface area contributed by atoms with E-state index in [0.717, 1.165) is 5.56 Å². The molecule has 1 nitrogen and oxygen atoms in total. The van der Waals surface area contributed by atoms with E-state index in [0.29, 0.717) is 5.02 Å². The standard InChI is InChI=1S/C10H13ClFN/c1-10(2,3)7-4-6(11)5-8(12)9(7)13/h4-5H,13H2,1-3H3. The number of halogens is 2. The van der Waals surface area contributed by atoms with Gasteiger partial charge in [-0.3, -0.25) is 0 Å². The third-order valence-electron chi connectivity index (χ3n) is 1.90. The van der Waals surface area contributed by atoms with E-state index in [1.807, 2.05) is 20.8 Å². The Hall–Kier alpha value is -0.760. The van der Waals surface area contributed by atoms with E-state index >= 15 is 0 Å². The average molecular weight is 202 g/mol. The Bertz CT molecular complexity index is 328. The maximum absolute atomic E-state index is 13.2. The summed E-state index contributed by atoms with van der Waals surface area (Å²) in [7, 11) is 0. The molecule has 13 heavy (non-hydrogen) atoms. The van der Waals surface area contributed by atoms with Gasteiger partial charge in [0.2, 0.25) is 0 Å². The SMILES string of the molecule is CC(C)(C)c1cc(Cl)cc(F)c1N. The molecule has 0 bridgehead atoms. The van der Waals surface area contributed by atoms with Gasteiger partial charge in [-0.15, -0.1) is 0 Å². The van der Waals surface area contributed by atoms with Crippen molar-refractivity contribution in [2.45, 2.75) is 26.2 Å². The highest BCUT2D eigenvalue weighted by Crippen LogP contribution is 2.31. The first-order valence-electron chi connectivity index (χ1n) is 4.07. The summed E-state index contributed by atoms with van der Waals surface area (Å²) in [6.45, 7) is 5.90. The summed E-state index contributed by atoms with van der Waals surface area (Å²) in [6, 6.07) is 2.94. The smallest absolute Gasteiger partial charge is 0.147 e. The van der Waals surface area contributed by atoms with E-state index in [2.05, 4.69) is 0 Å². The van der Waals surface area contributed by atoms with Gasteiger partial charge in [0.05, 0.1) is 5.69 Å². The molecule has 0 heterocycles. The van der Waals surface area contributed by atoms with Crippen molar-refractivity contribution in [3.63, 3.8) is 0 Å². The summed E-state index contributed by atoms with van der Waals surface area (Å²) in [4.78, 5) is 0. The fourth-order valence-electron chi connectivity index (χ4n) is 1.21.